The number of aryl methyl sites for hydroxylation is 1. The second kappa shape index (κ2) is 4.37. The van der Waals surface area contributed by atoms with Crippen molar-refractivity contribution in [2.24, 2.45) is 11.8 Å². The Balaban J connectivity index is 1.70. The Bertz CT molecular complexity index is 456. The molecule has 0 amide bonds. The molecular formula is C14H16O2S. The molecule has 1 aliphatic heterocycles. The first-order valence-electron chi connectivity index (χ1n) is 6.21. The summed E-state index contributed by atoms with van der Waals surface area (Å²) in [5.41, 5.74) is 2.78. The molecule has 0 saturated heterocycles. The Morgan fingerprint density at radius 3 is 3.12 bits per heavy atom. The Morgan fingerprint density at radius 2 is 2.35 bits per heavy atom. The standard InChI is InChI=1S/C14H16O2S/c15-14(16)12-8-11(12)7-9-3-4-13-10(6-9)2-1-5-17-13/h3-4,6,11-12H,1-2,5,7-8H2,(H,15,16). The number of benzene rings is 1. The van der Waals surface area contributed by atoms with E-state index in [1.807, 2.05) is 11.8 Å². The summed E-state index contributed by atoms with van der Waals surface area (Å²) in [6, 6.07) is 6.68. The molecule has 1 saturated carbocycles. The fourth-order valence-corrected chi connectivity index (χ4v) is 3.64. The summed E-state index contributed by atoms with van der Waals surface area (Å²) < 4.78 is 0. The Kier molecular flexibility index (Phi) is 2.87. The van der Waals surface area contributed by atoms with Gasteiger partial charge >= 0.3 is 5.97 Å². The van der Waals surface area contributed by atoms with Crippen LogP contribution >= 0.6 is 11.8 Å². The van der Waals surface area contributed by atoms with Gasteiger partial charge in [-0.1, -0.05) is 12.1 Å². The lowest BCUT2D eigenvalue weighted by Gasteiger charge is -2.16. The lowest BCUT2D eigenvalue weighted by molar-refractivity contribution is -0.138. The molecule has 1 N–H and O–H groups in total. The van der Waals surface area contributed by atoms with Crippen molar-refractivity contribution >= 4 is 17.7 Å². The molecule has 1 fully saturated rings. The van der Waals surface area contributed by atoms with Gasteiger partial charge in [0.25, 0.3) is 0 Å². The molecule has 2 aliphatic rings. The highest BCUT2D eigenvalue weighted by Crippen LogP contribution is 2.41. The van der Waals surface area contributed by atoms with Crippen LogP contribution in [0.15, 0.2) is 23.1 Å². The van der Waals surface area contributed by atoms with Gasteiger partial charge in [-0.25, -0.2) is 0 Å². The highest BCUT2D eigenvalue weighted by Gasteiger charge is 2.42. The van der Waals surface area contributed by atoms with E-state index in [9.17, 15) is 4.79 Å². The lowest BCUT2D eigenvalue weighted by atomic mass is 10.0. The van der Waals surface area contributed by atoms with Crippen LogP contribution in [0.25, 0.3) is 0 Å². The molecule has 90 valence electrons. The first kappa shape index (κ1) is 11.1. The van der Waals surface area contributed by atoms with Gasteiger partial charge in [-0.15, -0.1) is 11.8 Å². The number of aliphatic carboxylic acids is 1. The van der Waals surface area contributed by atoms with Gasteiger partial charge in [-0.3, -0.25) is 4.79 Å². The largest absolute Gasteiger partial charge is 0.481 e. The number of hydrogen-bond acceptors (Lipinski definition) is 2. The lowest BCUT2D eigenvalue weighted by Crippen LogP contribution is -2.03. The summed E-state index contributed by atoms with van der Waals surface area (Å²) >= 11 is 1.94. The molecular weight excluding hydrogens is 232 g/mol. The van der Waals surface area contributed by atoms with Gasteiger partial charge in [0, 0.05) is 4.90 Å². The maximum absolute atomic E-state index is 10.8. The van der Waals surface area contributed by atoms with Gasteiger partial charge in [0.2, 0.25) is 0 Å². The Morgan fingerprint density at radius 1 is 1.47 bits per heavy atom. The number of fused-ring (bicyclic) bond motifs is 1. The molecule has 1 aromatic rings. The predicted octanol–water partition coefficient (Wildman–Crippen LogP) is 2.99. The minimum atomic E-state index is -0.622. The number of thioether (sulfide) groups is 1. The maximum atomic E-state index is 10.8. The second-order valence-electron chi connectivity index (χ2n) is 5.04. The topological polar surface area (TPSA) is 37.3 Å². The predicted molar refractivity (Wildman–Crippen MR) is 68.4 cm³/mol. The van der Waals surface area contributed by atoms with E-state index in [4.69, 9.17) is 5.11 Å². The van der Waals surface area contributed by atoms with Crippen molar-refractivity contribution in [3.05, 3.63) is 29.3 Å². The summed E-state index contributed by atoms with van der Waals surface area (Å²) in [4.78, 5) is 12.2. The third-order valence-corrected chi connectivity index (χ3v) is 4.91. The minimum absolute atomic E-state index is 0.0830. The monoisotopic (exact) mass is 248 g/mol. The normalized spacial score (nSPS) is 26.4. The van der Waals surface area contributed by atoms with Crippen LogP contribution in [0.1, 0.15) is 24.0 Å². The van der Waals surface area contributed by atoms with Crippen molar-refractivity contribution in [2.45, 2.75) is 30.6 Å². The second-order valence-corrected chi connectivity index (χ2v) is 6.18. The van der Waals surface area contributed by atoms with Crippen LogP contribution in [0.3, 0.4) is 0 Å². The molecule has 0 spiro atoms. The van der Waals surface area contributed by atoms with Crippen molar-refractivity contribution in [3.63, 3.8) is 0 Å². The van der Waals surface area contributed by atoms with E-state index in [-0.39, 0.29) is 5.92 Å². The van der Waals surface area contributed by atoms with Crippen molar-refractivity contribution in [3.8, 4) is 0 Å². The molecule has 2 unspecified atom stereocenters. The van der Waals surface area contributed by atoms with Gasteiger partial charge in [0.1, 0.15) is 0 Å². The number of carboxylic acids is 1. The van der Waals surface area contributed by atoms with E-state index < -0.39 is 5.97 Å². The van der Waals surface area contributed by atoms with Crippen LogP contribution < -0.4 is 0 Å². The molecule has 1 heterocycles. The minimum Gasteiger partial charge on any atom is -0.481 e. The third kappa shape index (κ3) is 2.34. The molecule has 3 rings (SSSR count). The third-order valence-electron chi connectivity index (χ3n) is 3.71. The molecule has 3 heteroatoms. The van der Waals surface area contributed by atoms with E-state index >= 15 is 0 Å². The van der Waals surface area contributed by atoms with Gasteiger partial charge in [-0.2, -0.15) is 0 Å². The van der Waals surface area contributed by atoms with Crippen molar-refractivity contribution < 1.29 is 9.90 Å². The highest BCUT2D eigenvalue weighted by atomic mass is 32.2. The fraction of sp³-hybridized carbons (Fsp3) is 0.500. The van der Waals surface area contributed by atoms with E-state index in [2.05, 4.69) is 18.2 Å². The Labute approximate surface area is 105 Å². The molecule has 0 radical (unpaired) electrons. The molecule has 2 atom stereocenters. The van der Waals surface area contributed by atoms with Gasteiger partial charge in [-0.05, 0) is 54.5 Å². The Hall–Kier alpha value is -0.960. The van der Waals surface area contributed by atoms with Crippen LogP contribution in [-0.4, -0.2) is 16.8 Å². The van der Waals surface area contributed by atoms with Crippen LogP contribution in [0, 0.1) is 11.8 Å². The summed E-state index contributed by atoms with van der Waals surface area (Å²) in [5, 5.41) is 8.89. The van der Waals surface area contributed by atoms with Gasteiger partial charge < -0.3 is 5.11 Å². The number of rotatable bonds is 3. The van der Waals surface area contributed by atoms with E-state index in [0.29, 0.717) is 5.92 Å². The average Bonchev–Trinajstić information content (AvgIpc) is 3.08. The zero-order valence-corrected chi connectivity index (χ0v) is 10.5. The van der Waals surface area contributed by atoms with Crippen molar-refractivity contribution in [2.75, 3.05) is 5.75 Å². The van der Waals surface area contributed by atoms with Crippen LogP contribution in [0.5, 0.6) is 0 Å². The zero-order chi connectivity index (χ0) is 11.8. The first-order valence-corrected chi connectivity index (χ1v) is 7.20. The molecule has 0 aromatic heterocycles. The quantitative estimate of drug-likeness (QED) is 0.893. The van der Waals surface area contributed by atoms with E-state index in [0.717, 1.165) is 12.8 Å². The molecule has 17 heavy (non-hydrogen) atoms. The number of carbonyl (C=O) groups is 1. The van der Waals surface area contributed by atoms with Crippen LogP contribution in [0.4, 0.5) is 0 Å². The molecule has 2 nitrogen and oxygen atoms in total. The summed E-state index contributed by atoms with van der Waals surface area (Å²) in [5.74, 6) is 0.904. The smallest absolute Gasteiger partial charge is 0.306 e. The van der Waals surface area contributed by atoms with Crippen LogP contribution in [0.2, 0.25) is 0 Å². The molecule has 0 bridgehead atoms. The zero-order valence-electron chi connectivity index (χ0n) is 9.69. The number of carboxylic acid groups (broad SMARTS) is 1. The SMILES string of the molecule is O=C(O)C1CC1Cc1ccc2c(c1)CCCS2. The first-order chi connectivity index (χ1) is 8.24. The molecule has 1 aliphatic carbocycles. The average molecular weight is 248 g/mol. The van der Waals surface area contributed by atoms with Crippen LogP contribution in [-0.2, 0) is 17.6 Å². The summed E-state index contributed by atoms with van der Waals surface area (Å²) in [6.07, 6.45) is 4.25. The highest BCUT2D eigenvalue weighted by molar-refractivity contribution is 7.99. The summed E-state index contributed by atoms with van der Waals surface area (Å²) in [7, 11) is 0. The van der Waals surface area contributed by atoms with Crippen molar-refractivity contribution in [1.82, 2.24) is 0 Å². The van der Waals surface area contributed by atoms with Gasteiger partial charge in [0.15, 0.2) is 0 Å². The number of hydrogen-bond donors (Lipinski definition) is 1. The van der Waals surface area contributed by atoms with E-state index in [1.165, 1.54) is 34.6 Å². The van der Waals surface area contributed by atoms with Crippen molar-refractivity contribution in [1.29, 1.82) is 0 Å². The maximum Gasteiger partial charge on any atom is 0.306 e. The fourth-order valence-electron chi connectivity index (χ4n) is 2.62. The van der Waals surface area contributed by atoms with E-state index in [1.54, 1.807) is 0 Å². The summed E-state index contributed by atoms with van der Waals surface area (Å²) in [6.45, 7) is 0. The molecule has 1 aromatic carbocycles. The van der Waals surface area contributed by atoms with Gasteiger partial charge in [0.05, 0.1) is 5.92 Å².